The summed E-state index contributed by atoms with van der Waals surface area (Å²) >= 11 is 0. The number of esters is 1. The largest absolute Gasteiger partial charge is 0.425 e. The second-order valence-electron chi connectivity index (χ2n) is 8.50. The van der Waals surface area contributed by atoms with E-state index < -0.39 is 24.5 Å². The molecule has 1 aliphatic carbocycles. The molecule has 3 aromatic carbocycles. The average Bonchev–Trinajstić information content (AvgIpc) is 2.87. The van der Waals surface area contributed by atoms with Gasteiger partial charge in [0.2, 0.25) is 5.91 Å². The van der Waals surface area contributed by atoms with Crippen molar-refractivity contribution in [1.29, 1.82) is 0 Å². The van der Waals surface area contributed by atoms with Crippen LogP contribution in [0.4, 0.5) is 0 Å². The van der Waals surface area contributed by atoms with Crippen LogP contribution in [0.2, 0.25) is 0 Å². The fraction of sp³-hybridized carbons (Fsp3) is 0.250. The van der Waals surface area contributed by atoms with Crippen LogP contribution in [0, 0.1) is 5.92 Å². The van der Waals surface area contributed by atoms with E-state index in [-0.39, 0.29) is 5.92 Å². The van der Waals surface area contributed by atoms with Crippen LogP contribution in [0.15, 0.2) is 83.9 Å². The molecule has 4 rings (SSSR count). The van der Waals surface area contributed by atoms with Crippen molar-refractivity contribution in [2.45, 2.75) is 31.7 Å². The molecule has 2 atom stereocenters. The molecule has 34 heavy (non-hydrogen) atoms. The second-order valence-corrected chi connectivity index (χ2v) is 8.50. The molecule has 0 saturated carbocycles. The first kappa shape index (κ1) is 23.4. The predicted octanol–water partition coefficient (Wildman–Crippen LogP) is 3.47. The maximum Gasteiger partial charge on any atom is 0.337 e. The Morgan fingerprint density at radius 2 is 1.62 bits per heavy atom. The zero-order valence-electron chi connectivity index (χ0n) is 18.9. The van der Waals surface area contributed by atoms with E-state index in [0.29, 0.717) is 18.6 Å². The van der Waals surface area contributed by atoms with Crippen LogP contribution < -0.4 is 10.5 Å². The Morgan fingerprint density at radius 1 is 0.971 bits per heavy atom. The van der Waals surface area contributed by atoms with Crippen LogP contribution in [0.3, 0.4) is 0 Å². The number of nitrogens with zero attached hydrogens (tertiary/aromatic N) is 1. The fourth-order valence-electron chi connectivity index (χ4n) is 4.51. The molecule has 6 heteroatoms. The van der Waals surface area contributed by atoms with Gasteiger partial charge in [-0.1, -0.05) is 72.8 Å². The molecule has 0 radical (unpaired) electrons. The van der Waals surface area contributed by atoms with Crippen molar-refractivity contribution in [3.8, 4) is 5.75 Å². The molecule has 0 bridgehead atoms. The Balaban J connectivity index is 1.58. The van der Waals surface area contributed by atoms with Gasteiger partial charge in [-0.25, -0.2) is 4.79 Å². The highest BCUT2D eigenvalue weighted by molar-refractivity contribution is 6.13. The SMILES string of the molecule is NC(=O)C(CC1CCc2c(cccc2OC(=O)CO)C1)N=C(c1ccccc1)c1ccccc1. The number of aliphatic imine (C=N–C) groups is 1. The molecule has 1 amide bonds. The van der Waals surface area contributed by atoms with Crippen molar-refractivity contribution >= 4 is 17.6 Å². The van der Waals surface area contributed by atoms with Crippen LogP contribution in [-0.2, 0) is 22.4 Å². The standard InChI is InChI=1S/C28H28N2O4/c29-28(33)24(30-27(20-8-3-1-4-9-20)21-10-5-2-6-11-21)17-19-14-15-23-22(16-19)12-7-13-25(23)34-26(32)18-31/h1-13,19,24,31H,14-18H2,(H2,29,33). The van der Waals surface area contributed by atoms with Gasteiger partial charge in [-0.05, 0) is 48.8 Å². The number of primary amides is 1. The monoisotopic (exact) mass is 456 g/mol. The highest BCUT2D eigenvalue weighted by Gasteiger charge is 2.27. The van der Waals surface area contributed by atoms with Gasteiger partial charge < -0.3 is 15.6 Å². The molecule has 3 aromatic rings. The Labute approximate surface area is 199 Å². The first-order valence-corrected chi connectivity index (χ1v) is 11.5. The smallest absolute Gasteiger partial charge is 0.337 e. The number of benzene rings is 3. The third-order valence-electron chi connectivity index (χ3n) is 6.16. The number of hydrogen-bond donors (Lipinski definition) is 2. The number of aliphatic hydroxyl groups is 1. The molecule has 0 saturated heterocycles. The van der Waals surface area contributed by atoms with E-state index in [1.54, 1.807) is 6.07 Å². The molecule has 0 spiro atoms. The van der Waals surface area contributed by atoms with Crippen molar-refractivity contribution in [1.82, 2.24) is 0 Å². The molecule has 2 unspecified atom stereocenters. The number of hydrogen-bond acceptors (Lipinski definition) is 5. The summed E-state index contributed by atoms with van der Waals surface area (Å²) in [6.07, 6.45) is 2.82. The second kappa shape index (κ2) is 10.9. The molecule has 0 fully saturated rings. The lowest BCUT2D eigenvalue weighted by atomic mass is 9.80. The highest BCUT2D eigenvalue weighted by Crippen LogP contribution is 2.34. The van der Waals surface area contributed by atoms with E-state index in [2.05, 4.69) is 0 Å². The third-order valence-corrected chi connectivity index (χ3v) is 6.16. The van der Waals surface area contributed by atoms with Gasteiger partial charge in [0, 0.05) is 11.1 Å². The van der Waals surface area contributed by atoms with Crippen LogP contribution in [-0.4, -0.2) is 35.3 Å². The molecule has 0 aliphatic heterocycles. The molecular weight excluding hydrogens is 428 g/mol. The first-order chi connectivity index (χ1) is 16.5. The van der Waals surface area contributed by atoms with Gasteiger partial charge in [-0.2, -0.15) is 0 Å². The van der Waals surface area contributed by atoms with Crippen molar-refractivity contribution in [3.63, 3.8) is 0 Å². The lowest BCUT2D eigenvalue weighted by Crippen LogP contribution is -2.32. The minimum atomic E-state index is -0.673. The summed E-state index contributed by atoms with van der Waals surface area (Å²) < 4.78 is 5.28. The van der Waals surface area contributed by atoms with E-state index in [0.717, 1.165) is 40.8 Å². The van der Waals surface area contributed by atoms with Crippen molar-refractivity contribution in [3.05, 3.63) is 101 Å². The Hall–Kier alpha value is -3.77. The number of carbonyl (C=O) groups excluding carboxylic acids is 2. The summed E-state index contributed by atoms with van der Waals surface area (Å²) in [6, 6.07) is 24.6. The summed E-state index contributed by atoms with van der Waals surface area (Å²) in [5.74, 6) is -0.408. The van der Waals surface area contributed by atoms with Crippen LogP contribution in [0.1, 0.15) is 35.1 Å². The minimum absolute atomic E-state index is 0.213. The minimum Gasteiger partial charge on any atom is -0.425 e. The molecule has 1 aliphatic rings. The van der Waals surface area contributed by atoms with Gasteiger partial charge in [0.1, 0.15) is 18.4 Å². The predicted molar refractivity (Wildman–Crippen MR) is 131 cm³/mol. The van der Waals surface area contributed by atoms with Gasteiger partial charge >= 0.3 is 5.97 Å². The highest BCUT2D eigenvalue weighted by atomic mass is 16.5. The van der Waals surface area contributed by atoms with Crippen LogP contribution in [0.5, 0.6) is 5.75 Å². The van der Waals surface area contributed by atoms with Gasteiger partial charge in [0.05, 0.1) is 5.71 Å². The molecule has 6 nitrogen and oxygen atoms in total. The zero-order chi connectivity index (χ0) is 23.9. The summed E-state index contributed by atoms with van der Waals surface area (Å²) in [5.41, 5.74) is 10.5. The van der Waals surface area contributed by atoms with Gasteiger partial charge in [0.15, 0.2) is 0 Å². The van der Waals surface area contributed by atoms with Crippen LogP contribution in [0.25, 0.3) is 0 Å². The van der Waals surface area contributed by atoms with E-state index in [1.165, 1.54) is 0 Å². The molecule has 174 valence electrons. The number of rotatable bonds is 8. The molecular formula is C28H28N2O4. The Kier molecular flexibility index (Phi) is 7.50. The van der Waals surface area contributed by atoms with E-state index in [1.807, 2.05) is 72.8 Å². The van der Waals surface area contributed by atoms with Crippen LogP contribution >= 0.6 is 0 Å². The lowest BCUT2D eigenvalue weighted by molar-refractivity contribution is -0.137. The maximum atomic E-state index is 12.5. The average molecular weight is 457 g/mol. The molecule has 0 aromatic heterocycles. The molecule has 0 heterocycles. The lowest BCUT2D eigenvalue weighted by Gasteiger charge is -2.27. The maximum absolute atomic E-state index is 12.5. The number of nitrogens with two attached hydrogens (primary N) is 1. The quantitative estimate of drug-likeness (QED) is 0.308. The number of carbonyl (C=O) groups is 2. The first-order valence-electron chi connectivity index (χ1n) is 11.5. The van der Waals surface area contributed by atoms with Gasteiger partial charge in [0.25, 0.3) is 0 Å². The van der Waals surface area contributed by atoms with Gasteiger partial charge in [-0.15, -0.1) is 0 Å². The van der Waals surface area contributed by atoms with Crippen molar-refractivity contribution in [2.75, 3.05) is 6.61 Å². The van der Waals surface area contributed by atoms with Gasteiger partial charge in [-0.3, -0.25) is 9.79 Å². The van der Waals surface area contributed by atoms with Crippen molar-refractivity contribution in [2.24, 2.45) is 16.6 Å². The third kappa shape index (κ3) is 5.58. The number of aliphatic hydroxyl groups excluding tert-OH is 1. The van der Waals surface area contributed by atoms with E-state index in [9.17, 15) is 9.59 Å². The summed E-state index contributed by atoms with van der Waals surface area (Å²) in [6.45, 7) is -0.657. The number of fused-ring (bicyclic) bond motifs is 1. The number of ether oxygens (including phenoxy) is 1. The fourth-order valence-corrected chi connectivity index (χ4v) is 4.51. The topological polar surface area (TPSA) is 102 Å². The Morgan fingerprint density at radius 3 is 2.21 bits per heavy atom. The summed E-state index contributed by atoms with van der Waals surface area (Å²) in [4.78, 5) is 28.9. The Bertz CT molecular complexity index is 1130. The number of amides is 1. The zero-order valence-corrected chi connectivity index (χ0v) is 18.9. The van der Waals surface area contributed by atoms with Crippen molar-refractivity contribution < 1.29 is 19.4 Å². The van der Waals surface area contributed by atoms with E-state index >= 15 is 0 Å². The molecule has 3 N–H and O–H groups in total. The normalized spacial score (nSPS) is 15.6. The van der Waals surface area contributed by atoms with E-state index in [4.69, 9.17) is 20.6 Å². The summed E-state index contributed by atoms with van der Waals surface area (Å²) in [5, 5.41) is 9.00. The summed E-state index contributed by atoms with van der Waals surface area (Å²) in [7, 11) is 0.